The second-order valence-corrected chi connectivity index (χ2v) is 7.81. The number of H-pyrrole nitrogens is 1. The van der Waals surface area contributed by atoms with Crippen LogP contribution in [0.25, 0.3) is 10.6 Å². The van der Waals surface area contributed by atoms with Crippen LogP contribution >= 0.6 is 22.9 Å². The summed E-state index contributed by atoms with van der Waals surface area (Å²) in [6.07, 6.45) is 1.27. The second-order valence-electron chi connectivity index (χ2n) is 6.42. The third kappa shape index (κ3) is 3.92. The molecule has 0 saturated carbocycles. The van der Waals surface area contributed by atoms with E-state index in [1.54, 1.807) is 11.3 Å². The summed E-state index contributed by atoms with van der Waals surface area (Å²) in [6, 6.07) is 13.7. The predicted molar refractivity (Wildman–Crippen MR) is 106 cm³/mol. The normalized spacial score (nSPS) is 16.8. The molecule has 1 aliphatic rings. The molecule has 0 radical (unpaired) electrons. The van der Waals surface area contributed by atoms with Crippen molar-refractivity contribution < 1.29 is 4.79 Å². The van der Waals surface area contributed by atoms with Crippen molar-refractivity contribution >= 4 is 34.7 Å². The number of halogens is 1. The number of amides is 1. The molecule has 1 atom stereocenters. The number of hydrogen-bond donors (Lipinski definition) is 2. The van der Waals surface area contributed by atoms with Crippen molar-refractivity contribution in [3.8, 4) is 10.6 Å². The van der Waals surface area contributed by atoms with Crippen molar-refractivity contribution in [2.75, 3.05) is 18.0 Å². The lowest BCUT2D eigenvalue weighted by Gasteiger charge is -2.16. The Morgan fingerprint density at radius 2 is 2.27 bits per heavy atom. The lowest BCUT2D eigenvalue weighted by Crippen LogP contribution is -2.38. The molecule has 1 unspecified atom stereocenters. The second kappa shape index (κ2) is 7.51. The first-order valence-electron chi connectivity index (χ1n) is 8.55. The van der Waals surface area contributed by atoms with E-state index in [1.807, 2.05) is 30.3 Å². The molecule has 0 aliphatic carbocycles. The Kier molecular flexibility index (Phi) is 4.95. The Morgan fingerprint density at radius 3 is 3.08 bits per heavy atom. The van der Waals surface area contributed by atoms with Gasteiger partial charge in [-0.1, -0.05) is 29.8 Å². The molecular formula is C19H19ClN4OS. The third-order valence-corrected chi connectivity index (χ3v) is 5.62. The Bertz CT molecular complexity index is 893. The molecule has 3 aromatic rings. The number of carbonyl (C=O) groups is 1. The van der Waals surface area contributed by atoms with Crippen LogP contribution in [0.15, 0.2) is 47.8 Å². The van der Waals surface area contributed by atoms with Gasteiger partial charge in [0.25, 0.3) is 0 Å². The fourth-order valence-electron chi connectivity index (χ4n) is 3.23. The molecule has 4 rings (SSSR count). The Labute approximate surface area is 161 Å². The average molecular weight is 387 g/mol. The van der Waals surface area contributed by atoms with Gasteiger partial charge in [0.05, 0.1) is 17.0 Å². The zero-order valence-corrected chi connectivity index (χ0v) is 15.7. The quantitative estimate of drug-likeness (QED) is 0.702. The maximum absolute atomic E-state index is 12.3. The van der Waals surface area contributed by atoms with Crippen LogP contribution in [-0.4, -0.2) is 35.2 Å². The van der Waals surface area contributed by atoms with Gasteiger partial charge in [0, 0.05) is 30.2 Å². The minimum Gasteiger partial charge on any atom is -0.353 e. The topological polar surface area (TPSA) is 61.0 Å². The molecular weight excluding hydrogens is 368 g/mol. The van der Waals surface area contributed by atoms with E-state index in [1.165, 1.54) is 4.88 Å². The maximum Gasteiger partial charge on any atom is 0.224 e. The smallest absolute Gasteiger partial charge is 0.224 e. The fraction of sp³-hybridized carbons (Fsp3) is 0.263. The molecule has 1 saturated heterocycles. The van der Waals surface area contributed by atoms with Gasteiger partial charge < -0.3 is 10.2 Å². The highest BCUT2D eigenvalue weighted by Crippen LogP contribution is 2.27. The van der Waals surface area contributed by atoms with E-state index in [0.717, 1.165) is 36.6 Å². The first-order valence-corrected chi connectivity index (χ1v) is 9.81. The molecule has 1 fully saturated rings. The third-order valence-electron chi connectivity index (χ3n) is 4.48. The van der Waals surface area contributed by atoms with Gasteiger partial charge in [-0.25, -0.2) is 0 Å². The molecule has 26 heavy (non-hydrogen) atoms. The molecule has 2 aromatic heterocycles. The van der Waals surface area contributed by atoms with E-state index in [0.29, 0.717) is 11.4 Å². The van der Waals surface area contributed by atoms with Gasteiger partial charge in [0.2, 0.25) is 5.91 Å². The van der Waals surface area contributed by atoms with Gasteiger partial charge in [-0.2, -0.15) is 5.10 Å². The lowest BCUT2D eigenvalue weighted by molar-refractivity contribution is -0.121. The molecule has 134 valence electrons. The molecule has 1 aliphatic heterocycles. The van der Waals surface area contributed by atoms with Crippen molar-refractivity contribution in [1.29, 1.82) is 0 Å². The number of hydrogen-bond acceptors (Lipinski definition) is 4. The highest BCUT2D eigenvalue weighted by molar-refractivity contribution is 7.13. The first-order chi connectivity index (χ1) is 12.7. The van der Waals surface area contributed by atoms with Crippen LogP contribution in [-0.2, 0) is 11.2 Å². The van der Waals surface area contributed by atoms with E-state index in [4.69, 9.17) is 11.6 Å². The summed E-state index contributed by atoms with van der Waals surface area (Å²) >= 11 is 7.66. The molecule has 0 spiro atoms. The summed E-state index contributed by atoms with van der Waals surface area (Å²) in [5, 5.41) is 13.4. The minimum atomic E-state index is 0.0282. The van der Waals surface area contributed by atoms with Crippen molar-refractivity contribution in [2.24, 2.45) is 0 Å². The number of aromatic nitrogens is 2. The molecule has 7 heteroatoms. The number of benzene rings is 1. The predicted octanol–water partition coefficient (Wildman–Crippen LogP) is 3.73. The monoisotopic (exact) mass is 386 g/mol. The number of aromatic amines is 1. The average Bonchev–Trinajstić information content (AvgIpc) is 3.35. The van der Waals surface area contributed by atoms with Gasteiger partial charge >= 0.3 is 0 Å². The Hall–Kier alpha value is -2.31. The molecule has 3 heterocycles. The summed E-state index contributed by atoms with van der Waals surface area (Å²) in [5.74, 6) is 0.959. The van der Waals surface area contributed by atoms with Crippen LogP contribution in [0.3, 0.4) is 0 Å². The summed E-state index contributed by atoms with van der Waals surface area (Å²) in [5.41, 5.74) is 1.96. The van der Waals surface area contributed by atoms with E-state index in [-0.39, 0.29) is 11.9 Å². The number of anilines is 1. The van der Waals surface area contributed by atoms with Gasteiger partial charge in [-0.15, -0.1) is 11.3 Å². The Morgan fingerprint density at radius 1 is 1.35 bits per heavy atom. The number of nitrogens with zero attached hydrogens (tertiary/aromatic N) is 2. The number of thiophene rings is 1. The highest BCUT2D eigenvalue weighted by Gasteiger charge is 2.25. The molecule has 2 N–H and O–H groups in total. The van der Waals surface area contributed by atoms with Crippen LogP contribution in [0.5, 0.6) is 0 Å². The van der Waals surface area contributed by atoms with Crippen molar-refractivity contribution in [1.82, 2.24) is 15.5 Å². The molecule has 1 amide bonds. The van der Waals surface area contributed by atoms with Gasteiger partial charge in [-0.05, 0) is 35.6 Å². The molecule has 5 nitrogen and oxygen atoms in total. The van der Waals surface area contributed by atoms with Crippen molar-refractivity contribution in [2.45, 2.75) is 18.9 Å². The molecule has 1 aromatic carbocycles. The van der Waals surface area contributed by atoms with Crippen molar-refractivity contribution in [3.63, 3.8) is 0 Å². The van der Waals surface area contributed by atoms with Crippen LogP contribution < -0.4 is 10.2 Å². The van der Waals surface area contributed by atoms with Gasteiger partial charge in [0.15, 0.2) is 5.82 Å². The molecule has 0 bridgehead atoms. The summed E-state index contributed by atoms with van der Waals surface area (Å²) in [7, 11) is 0. The fourth-order valence-corrected chi connectivity index (χ4v) is 4.13. The van der Waals surface area contributed by atoms with Crippen LogP contribution in [0.1, 0.15) is 12.0 Å². The number of carbonyl (C=O) groups excluding carboxylic acids is 1. The summed E-state index contributed by atoms with van der Waals surface area (Å²) in [4.78, 5) is 15.7. The van der Waals surface area contributed by atoms with E-state index >= 15 is 0 Å². The van der Waals surface area contributed by atoms with Crippen molar-refractivity contribution in [3.05, 3.63) is 58.4 Å². The van der Waals surface area contributed by atoms with Crippen LogP contribution in [0, 0.1) is 0 Å². The van der Waals surface area contributed by atoms with E-state index in [9.17, 15) is 4.79 Å². The zero-order valence-electron chi connectivity index (χ0n) is 14.1. The van der Waals surface area contributed by atoms with E-state index < -0.39 is 0 Å². The van der Waals surface area contributed by atoms with Gasteiger partial charge in [-0.3, -0.25) is 9.89 Å². The lowest BCUT2D eigenvalue weighted by atomic mass is 10.1. The summed E-state index contributed by atoms with van der Waals surface area (Å²) in [6.45, 7) is 1.66. The minimum absolute atomic E-state index is 0.0282. The standard InChI is InChI=1S/C19H19ClN4OS/c20-14-4-1-3-13(9-14)10-19(25)21-15-6-7-24(12-15)18-11-16(22-23-18)17-5-2-8-26-17/h1-5,8-9,11,15H,6-7,10,12H2,(H,21,25)(H,22,23). The van der Waals surface area contributed by atoms with Crippen LogP contribution in [0.4, 0.5) is 5.82 Å². The van der Waals surface area contributed by atoms with E-state index in [2.05, 4.69) is 37.9 Å². The number of nitrogens with one attached hydrogen (secondary N) is 2. The SMILES string of the molecule is O=C(Cc1cccc(Cl)c1)NC1CCN(c2cc(-c3cccs3)[nH]n2)C1. The first kappa shape index (κ1) is 17.1. The largest absolute Gasteiger partial charge is 0.353 e. The summed E-state index contributed by atoms with van der Waals surface area (Å²) < 4.78 is 0. The highest BCUT2D eigenvalue weighted by atomic mass is 35.5. The van der Waals surface area contributed by atoms with Crippen LogP contribution in [0.2, 0.25) is 5.02 Å². The Balaban J connectivity index is 1.33. The maximum atomic E-state index is 12.3. The zero-order chi connectivity index (χ0) is 17.9. The van der Waals surface area contributed by atoms with Gasteiger partial charge in [0.1, 0.15) is 0 Å². The number of rotatable bonds is 5.